The Morgan fingerprint density at radius 1 is 1.50 bits per heavy atom. The number of halogens is 1. The van der Waals surface area contributed by atoms with Crippen LogP contribution in [0.15, 0.2) is 18.2 Å². The molecule has 0 aliphatic carbocycles. The van der Waals surface area contributed by atoms with E-state index in [0.29, 0.717) is 17.3 Å². The molecule has 1 saturated heterocycles. The quantitative estimate of drug-likeness (QED) is 0.802. The van der Waals surface area contributed by atoms with Crippen molar-refractivity contribution in [3.8, 4) is 0 Å². The maximum Gasteiger partial charge on any atom is 0.319 e. The Balaban J connectivity index is 1.84. The van der Waals surface area contributed by atoms with Crippen molar-refractivity contribution in [2.75, 3.05) is 25.0 Å². The summed E-state index contributed by atoms with van der Waals surface area (Å²) >= 11 is 6.04. The lowest BCUT2D eigenvalue weighted by Crippen LogP contribution is -2.46. The van der Waals surface area contributed by atoms with Crippen LogP contribution in [-0.4, -0.2) is 25.7 Å². The van der Waals surface area contributed by atoms with E-state index >= 15 is 0 Å². The van der Waals surface area contributed by atoms with Crippen molar-refractivity contribution in [3.63, 3.8) is 0 Å². The van der Waals surface area contributed by atoms with E-state index in [0.717, 1.165) is 31.5 Å². The molecule has 0 saturated carbocycles. The summed E-state index contributed by atoms with van der Waals surface area (Å²) in [5, 5.41) is 9.79. The number of carbonyl (C=O) groups is 1. The first-order valence-electron chi connectivity index (χ1n) is 7.00. The van der Waals surface area contributed by atoms with E-state index in [1.165, 1.54) is 0 Å². The molecule has 1 unspecified atom stereocenters. The van der Waals surface area contributed by atoms with E-state index in [1.807, 2.05) is 19.1 Å². The third-order valence-corrected chi connectivity index (χ3v) is 4.20. The predicted molar refractivity (Wildman–Crippen MR) is 83.4 cm³/mol. The topological polar surface area (TPSA) is 53.2 Å². The summed E-state index contributed by atoms with van der Waals surface area (Å²) in [5.41, 5.74) is 1.85. The minimum atomic E-state index is -0.184. The highest BCUT2D eigenvalue weighted by atomic mass is 35.5. The summed E-state index contributed by atoms with van der Waals surface area (Å²) < 4.78 is 0. The first-order valence-corrected chi connectivity index (χ1v) is 7.38. The molecule has 4 nitrogen and oxygen atoms in total. The van der Waals surface area contributed by atoms with Crippen LogP contribution in [0.5, 0.6) is 0 Å². The molecule has 0 spiro atoms. The molecule has 20 heavy (non-hydrogen) atoms. The third kappa shape index (κ3) is 4.12. The molecule has 2 amide bonds. The number of amides is 2. The number of hydrogen-bond acceptors (Lipinski definition) is 2. The van der Waals surface area contributed by atoms with Crippen LogP contribution in [0.2, 0.25) is 5.02 Å². The van der Waals surface area contributed by atoms with E-state index < -0.39 is 0 Å². The van der Waals surface area contributed by atoms with E-state index in [-0.39, 0.29) is 11.4 Å². The van der Waals surface area contributed by atoms with Gasteiger partial charge in [-0.1, -0.05) is 24.6 Å². The second-order valence-corrected chi connectivity index (χ2v) is 6.27. The average Bonchev–Trinajstić information content (AvgIpc) is 2.42. The van der Waals surface area contributed by atoms with Crippen molar-refractivity contribution in [1.29, 1.82) is 0 Å². The first-order chi connectivity index (χ1) is 9.48. The van der Waals surface area contributed by atoms with Crippen molar-refractivity contribution >= 4 is 23.3 Å². The smallest absolute Gasteiger partial charge is 0.319 e. The molecule has 1 atom stereocenters. The zero-order chi connectivity index (χ0) is 14.6. The number of hydrogen-bond donors (Lipinski definition) is 3. The van der Waals surface area contributed by atoms with Crippen LogP contribution in [0, 0.1) is 12.3 Å². The molecular weight excluding hydrogens is 274 g/mol. The molecule has 1 aliphatic heterocycles. The van der Waals surface area contributed by atoms with E-state index in [1.54, 1.807) is 6.07 Å². The summed E-state index contributed by atoms with van der Waals surface area (Å²) in [4.78, 5) is 11.9. The largest absolute Gasteiger partial charge is 0.337 e. The molecule has 1 aliphatic rings. The van der Waals surface area contributed by atoms with Crippen LogP contribution in [0.1, 0.15) is 25.3 Å². The summed E-state index contributed by atoms with van der Waals surface area (Å²) in [6, 6.07) is 5.33. The Morgan fingerprint density at radius 3 is 2.95 bits per heavy atom. The summed E-state index contributed by atoms with van der Waals surface area (Å²) in [6.45, 7) is 6.82. The Bertz CT molecular complexity index is 484. The van der Waals surface area contributed by atoms with Gasteiger partial charge in [0.15, 0.2) is 0 Å². The maximum atomic E-state index is 11.9. The van der Waals surface area contributed by atoms with Crippen molar-refractivity contribution in [2.45, 2.75) is 26.7 Å². The van der Waals surface area contributed by atoms with Gasteiger partial charge in [-0.2, -0.15) is 0 Å². The lowest BCUT2D eigenvalue weighted by Gasteiger charge is -2.34. The van der Waals surface area contributed by atoms with E-state index in [9.17, 15) is 4.79 Å². The summed E-state index contributed by atoms with van der Waals surface area (Å²) in [6.07, 6.45) is 2.30. The van der Waals surface area contributed by atoms with Gasteiger partial charge in [0.25, 0.3) is 0 Å². The number of anilines is 1. The molecule has 1 fully saturated rings. The Kier molecular flexibility index (Phi) is 4.89. The zero-order valence-corrected chi connectivity index (χ0v) is 12.8. The number of carbonyl (C=O) groups excluding carboxylic acids is 1. The summed E-state index contributed by atoms with van der Waals surface area (Å²) in [5.74, 6) is 0. The summed E-state index contributed by atoms with van der Waals surface area (Å²) in [7, 11) is 0. The molecule has 0 aromatic heterocycles. The fraction of sp³-hybridized carbons (Fsp3) is 0.533. The van der Waals surface area contributed by atoms with Gasteiger partial charge < -0.3 is 16.0 Å². The maximum absolute atomic E-state index is 11.9. The van der Waals surface area contributed by atoms with Crippen LogP contribution in [0.4, 0.5) is 10.5 Å². The van der Waals surface area contributed by atoms with Crippen LogP contribution < -0.4 is 16.0 Å². The molecule has 3 N–H and O–H groups in total. The van der Waals surface area contributed by atoms with Gasteiger partial charge in [-0.05, 0) is 49.4 Å². The molecular formula is C15H22ClN3O. The highest BCUT2D eigenvalue weighted by Crippen LogP contribution is 2.24. The van der Waals surface area contributed by atoms with Crippen molar-refractivity contribution < 1.29 is 4.79 Å². The second-order valence-electron chi connectivity index (χ2n) is 5.86. The van der Waals surface area contributed by atoms with Gasteiger partial charge in [0.05, 0.1) is 0 Å². The normalized spacial score (nSPS) is 22.4. The number of piperidine rings is 1. The SMILES string of the molecule is Cc1ccc(NC(=O)NCC2(C)CCCNC2)cc1Cl. The monoisotopic (exact) mass is 295 g/mol. The van der Waals surface area contributed by atoms with Gasteiger partial charge in [-0.3, -0.25) is 0 Å². The Hall–Kier alpha value is -1.26. The molecule has 0 bridgehead atoms. The van der Waals surface area contributed by atoms with Crippen LogP contribution in [-0.2, 0) is 0 Å². The average molecular weight is 296 g/mol. The fourth-order valence-corrected chi connectivity index (χ4v) is 2.59. The van der Waals surface area contributed by atoms with Gasteiger partial charge >= 0.3 is 6.03 Å². The van der Waals surface area contributed by atoms with E-state index in [4.69, 9.17) is 11.6 Å². The molecule has 5 heteroatoms. The Labute approximate surface area is 125 Å². The van der Waals surface area contributed by atoms with Gasteiger partial charge in [-0.15, -0.1) is 0 Å². The van der Waals surface area contributed by atoms with E-state index in [2.05, 4.69) is 22.9 Å². The second kappa shape index (κ2) is 6.46. The van der Waals surface area contributed by atoms with Gasteiger partial charge in [-0.25, -0.2) is 4.79 Å². The molecule has 110 valence electrons. The standard InChI is InChI=1S/C15H22ClN3O/c1-11-4-5-12(8-13(11)16)19-14(20)18-10-15(2)6-3-7-17-9-15/h4-5,8,17H,3,6-7,9-10H2,1-2H3,(H2,18,19,20). The molecule has 2 rings (SSSR count). The van der Waals surface area contributed by atoms with Crippen LogP contribution in [0.3, 0.4) is 0 Å². The van der Waals surface area contributed by atoms with Gasteiger partial charge in [0, 0.05) is 23.8 Å². The minimum absolute atomic E-state index is 0.139. The minimum Gasteiger partial charge on any atom is -0.337 e. The zero-order valence-electron chi connectivity index (χ0n) is 12.1. The van der Waals surface area contributed by atoms with Gasteiger partial charge in [0.2, 0.25) is 0 Å². The number of benzene rings is 1. The number of rotatable bonds is 3. The lowest BCUT2D eigenvalue weighted by atomic mass is 9.83. The van der Waals surface area contributed by atoms with Gasteiger partial charge in [0.1, 0.15) is 0 Å². The lowest BCUT2D eigenvalue weighted by molar-refractivity contribution is 0.217. The first kappa shape index (κ1) is 15.1. The highest BCUT2D eigenvalue weighted by molar-refractivity contribution is 6.31. The Morgan fingerprint density at radius 2 is 2.30 bits per heavy atom. The van der Waals surface area contributed by atoms with Crippen LogP contribution >= 0.6 is 11.6 Å². The molecule has 0 radical (unpaired) electrons. The molecule has 1 heterocycles. The van der Waals surface area contributed by atoms with Crippen molar-refractivity contribution in [3.05, 3.63) is 28.8 Å². The van der Waals surface area contributed by atoms with Crippen LogP contribution in [0.25, 0.3) is 0 Å². The fourth-order valence-electron chi connectivity index (χ4n) is 2.41. The number of urea groups is 1. The van der Waals surface area contributed by atoms with Crippen molar-refractivity contribution in [1.82, 2.24) is 10.6 Å². The number of nitrogens with one attached hydrogen (secondary N) is 3. The highest BCUT2D eigenvalue weighted by Gasteiger charge is 2.26. The molecule has 1 aromatic rings. The van der Waals surface area contributed by atoms with Crippen molar-refractivity contribution in [2.24, 2.45) is 5.41 Å². The predicted octanol–water partition coefficient (Wildman–Crippen LogP) is 3.16. The number of aryl methyl sites for hydroxylation is 1. The molecule has 1 aromatic carbocycles. The third-order valence-electron chi connectivity index (χ3n) is 3.79.